The Labute approximate surface area is 130 Å². The first-order valence-corrected chi connectivity index (χ1v) is 7.31. The molecule has 0 heterocycles. The third-order valence-electron chi connectivity index (χ3n) is 3.22. The molecule has 2 aromatic carbocycles. The number of hydrogen-bond donors (Lipinski definition) is 2. The fourth-order valence-electron chi connectivity index (χ4n) is 2.19. The molecule has 21 heavy (non-hydrogen) atoms. The highest BCUT2D eigenvalue weighted by Gasteiger charge is 2.13. The Hall–Kier alpha value is -2.00. The van der Waals surface area contributed by atoms with E-state index in [9.17, 15) is 4.79 Å². The largest absolute Gasteiger partial charge is 0.385 e. The van der Waals surface area contributed by atoms with Crippen molar-refractivity contribution >= 4 is 28.9 Å². The van der Waals surface area contributed by atoms with Gasteiger partial charge in [0.15, 0.2) is 0 Å². The van der Waals surface area contributed by atoms with Crippen LogP contribution in [0.25, 0.3) is 0 Å². The second-order valence-corrected chi connectivity index (χ2v) is 5.43. The van der Waals surface area contributed by atoms with E-state index in [1.807, 2.05) is 45.0 Å². The van der Waals surface area contributed by atoms with Crippen LogP contribution in [0.1, 0.15) is 28.4 Å². The van der Waals surface area contributed by atoms with Crippen LogP contribution in [-0.2, 0) is 0 Å². The summed E-state index contributed by atoms with van der Waals surface area (Å²) in [7, 11) is 0. The average Bonchev–Trinajstić information content (AvgIpc) is 2.44. The van der Waals surface area contributed by atoms with Crippen LogP contribution in [0.4, 0.5) is 11.4 Å². The van der Waals surface area contributed by atoms with Gasteiger partial charge in [0.2, 0.25) is 0 Å². The van der Waals surface area contributed by atoms with E-state index in [2.05, 4.69) is 10.6 Å². The highest BCUT2D eigenvalue weighted by Crippen LogP contribution is 2.23. The fourth-order valence-corrected chi connectivity index (χ4v) is 2.36. The smallest absolute Gasteiger partial charge is 0.257 e. The molecular weight excluding hydrogens is 284 g/mol. The molecule has 0 spiro atoms. The van der Waals surface area contributed by atoms with Crippen molar-refractivity contribution < 1.29 is 4.79 Å². The molecule has 1 amide bonds. The average molecular weight is 303 g/mol. The van der Waals surface area contributed by atoms with E-state index in [4.69, 9.17) is 11.6 Å². The molecule has 0 aliphatic rings. The molecule has 0 aliphatic carbocycles. The lowest BCUT2D eigenvalue weighted by Gasteiger charge is -2.13. The van der Waals surface area contributed by atoms with Crippen molar-refractivity contribution in [1.29, 1.82) is 0 Å². The summed E-state index contributed by atoms with van der Waals surface area (Å²) < 4.78 is 0. The molecule has 0 fully saturated rings. The number of hydrogen-bond acceptors (Lipinski definition) is 2. The van der Waals surface area contributed by atoms with Gasteiger partial charge in [-0.15, -0.1) is 0 Å². The molecule has 3 nitrogen and oxygen atoms in total. The number of nitrogens with one attached hydrogen (secondary N) is 2. The van der Waals surface area contributed by atoms with Gasteiger partial charge in [0.25, 0.3) is 5.91 Å². The van der Waals surface area contributed by atoms with Crippen LogP contribution < -0.4 is 10.6 Å². The van der Waals surface area contributed by atoms with Gasteiger partial charge in [0, 0.05) is 22.9 Å². The molecule has 0 saturated heterocycles. The lowest BCUT2D eigenvalue weighted by Crippen LogP contribution is -2.15. The Morgan fingerprint density at radius 2 is 1.81 bits per heavy atom. The molecular formula is C17H19ClN2O. The van der Waals surface area contributed by atoms with E-state index in [0.717, 1.165) is 23.5 Å². The van der Waals surface area contributed by atoms with E-state index in [1.54, 1.807) is 12.1 Å². The number of anilines is 2. The summed E-state index contributed by atoms with van der Waals surface area (Å²) in [6.07, 6.45) is 0. The molecule has 0 unspecified atom stereocenters. The lowest BCUT2D eigenvalue weighted by atomic mass is 10.1. The van der Waals surface area contributed by atoms with Crippen molar-refractivity contribution in [2.24, 2.45) is 0 Å². The van der Waals surface area contributed by atoms with Crippen LogP contribution in [0.2, 0.25) is 5.02 Å². The molecule has 0 atom stereocenters. The maximum Gasteiger partial charge on any atom is 0.257 e. The van der Waals surface area contributed by atoms with E-state index >= 15 is 0 Å². The molecule has 2 N–H and O–H groups in total. The summed E-state index contributed by atoms with van der Waals surface area (Å²) in [5, 5.41) is 6.66. The number of benzene rings is 2. The number of halogens is 1. The highest BCUT2D eigenvalue weighted by atomic mass is 35.5. The predicted octanol–water partition coefficient (Wildman–Crippen LogP) is 4.64. The third-order valence-corrected chi connectivity index (χ3v) is 3.46. The zero-order valence-corrected chi connectivity index (χ0v) is 13.2. The Balaban J connectivity index is 2.29. The Morgan fingerprint density at radius 3 is 2.48 bits per heavy atom. The van der Waals surface area contributed by atoms with Crippen molar-refractivity contribution in [3.8, 4) is 0 Å². The second kappa shape index (κ2) is 6.64. The lowest BCUT2D eigenvalue weighted by molar-refractivity contribution is 0.102. The SMILES string of the molecule is CCNc1ccc(Cl)cc1C(=O)Nc1ccc(C)cc1C. The van der Waals surface area contributed by atoms with Crippen LogP contribution >= 0.6 is 11.6 Å². The molecule has 4 heteroatoms. The van der Waals surface area contributed by atoms with Gasteiger partial charge in [-0.3, -0.25) is 4.79 Å². The van der Waals surface area contributed by atoms with Crippen molar-refractivity contribution in [1.82, 2.24) is 0 Å². The number of rotatable bonds is 4. The quantitative estimate of drug-likeness (QED) is 0.863. The van der Waals surface area contributed by atoms with Gasteiger partial charge in [0.1, 0.15) is 0 Å². The minimum Gasteiger partial charge on any atom is -0.385 e. The first kappa shape index (κ1) is 15.4. The zero-order chi connectivity index (χ0) is 15.4. The second-order valence-electron chi connectivity index (χ2n) is 4.99. The summed E-state index contributed by atoms with van der Waals surface area (Å²) in [6, 6.07) is 11.2. The number of carbonyl (C=O) groups excluding carboxylic acids is 1. The van der Waals surface area contributed by atoms with Gasteiger partial charge in [-0.2, -0.15) is 0 Å². The van der Waals surface area contributed by atoms with E-state index in [1.165, 1.54) is 5.56 Å². The maximum absolute atomic E-state index is 12.5. The van der Waals surface area contributed by atoms with E-state index in [0.29, 0.717) is 10.6 Å². The van der Waals surface area contributed by atoms with Crippen LogP contribution in [-0.4, -0.2) is 12.5 Å². The summed E-state index contributed by atoms with van der Waals surface area (Å²) in [5.74, 6) is -0.166. The van der Waals surface area contributed by atoms with Gasteiger partial charge < -0.3 is 10.6 Å². The minimum atomic E-state index is -0.166. The zero-order valence-electron chi connectivity index (χ0n) is 12.5. The maximum atomic E-state index is 12.5. The van der Waals surface area contributed by atoms with Gasteiger partial charge >= 0.3 is 0 Å². The van der Waals surface area contributed by atoms with Crippen LogP contribution in [0.3, 0.4) is 0 Å². The first-order valence-electron chi connectivity index (χ1n) is 6.93. The van der Waals surface area contributed by atoms with Gasteiger partial charge in [-0.05, 0) is 50.6 Å². The summed E-state index contributed by atoms with van der Waals surface area (Å²) in [4.78, 5) is 12.5. The van der Waals surface area contributed by atoms with Gasteiger partial charge in [-0.1, -0.05) is 29.3 Å². The van der Waals surface area contributed by atoms with E-state index in [-0.39, 0.29) is 5.91 Å². The molecule has 0 bridgehead atoms. The normalized spacial score (nSPS) is 10.3. The Morgan fingerprint density at radius 1 is 1.10 bits per heavy atom. The fraction of sp³-hybridized carbons (Fsp3) is 0.235. The number of amides is 1. The molecule has 2 aromatic rings. The monoisotopic (exact) mass is 302 g/mol. The Bertz CT molecular complexity index is 668. The molecule has 2 rings (SSSR count). The number of aryl methyl sites for hydroxylation is 2. The summed E-state index contributed by atoms with van der Waals surface area (Å²) in [6.45, 7) is 6.73. The van der Waals surface area contributed by atoms with Gasteiger partial charge in [0.05, 0.1) is 5.56 Å². The van der Waals surface area contributed by atoms with Crippen LogP contribution in [0.15, 0.2) is 36.4 Å². The molecule has 110 valence electrons. The van der Waals surface area contributed by atoms with Crippen LogP contribution in [0.5, 0.6) is 0 Å². The van der Waals surface area contributed by atoms with E-state index < -0.39 is 0 Å². The highest BCUT2D eigenvalue weighted by molar-refractivity contribution is 6.31. The van der Waals surface area contributed by atoms with Crippen molar-refractivity contribution in [3.63, 3.8) is 0 Å². The third kappa shape index (κ3) is 3.76. The van der Waals surface area contributed by atoms with Gasteiger partial charge in [-0.25, -0.2) is 0 Å². The molecule has 0 radical (unpaired) electrons. The number of carbonyl (C=O) groups is 1. The predicted molar refractivity (Wildman–Crippen MR) is 89.5 cm³/mol. The Kier molecular flexibility index (Phi) is 4.86. The summed E-state index contributed by atoms with van der Waals surface area (Å²) >= 11 is 6.01. The summed E-state index contributed by atoms with van der Waals surface area (Å²) in [5.41, 5.74) is 4.35. The van der Waals surface area contributed by atoms with Crippen LogP contribution in [0, 0.1) is 13.8 Å². The minimum absolute atomic E-state index is 0.166. The molecule has 0 aromatic heterocycles. The topological polar surface area (TPSA) is 41.1 Å². The standard InChI is InChI=1S/C17H19ClN2O/c1-4-19-16-8-6-13(18)10-14(16)17(21)20-15-7-5-11(2)9-12(15)3/h5-10,19H,4H2,1-3H3,(H,20,21). The first-order chi connectivity index (χ1) is 10.0. The molecule has 0 aliphatic heterocycles. The van der Waals surface area contributed by atoms with Crippen molar-refractivity contribution in [2.45, 2.75) is 20.8 Å². The van der Waals surface area contributed by atoms with Crippen molar-refractivity contribution in [3.05, 3.63) is 58.1 Å². The molecule has 0 saturated carbocycles. The van der Waals surface area contributed by atoms with Crippen molar-refractivity contribution in [2.75, 3.05) is 17.2 Å².